The number of aryl methyl sites for hydroxylation is 1. The molecule has 2 aliphatic heterocycles. The molecule has 2 heterocycles. The molecule has 0 bridgehead atoms. The van der Waals surface area contributed by atoms with Crippen LogP contribution < -0.4 is 5.32 Å². The number of likely N-dealkylation sites (tertiary alicyclic amines) is 2. The zero-order valence-electron chi connectivity index (χ0n) is 15.3. The number of nitrogens with one attached hydrogen (secondary N) is 1. The average Bonchev–Trinajstić information content (AvgIpc) is 3.46. The van der Waals surface area contributed by atoms with Gasteiger partial charge in [-0.05, 0) is 56.7 Å². The summed E-state index contributed by atoms with van der Waals surface area (Å²) in [5.74, 6) is 0.300. The second-order valence-corrected chi connectivity index (χ2v) is 8.58. The SMILES string of the molecule is Cc1ccc(NC(=O)N2CCCC3(CCC(=O)N(C4CC4)C3)C2)cc1Cl. The Kier molecular flexibility index (Phi) is 4.59. The van der Waals surface area contributed by atoms with E-state index in [1.165, 1.54) is 0 Å². The molecule has 2 saturated heterocycles. The van der Waals surface area contributed by atoms with Gasteiger partial charge in [0.15, 0.2) is 0 Å². The van der Waals surface area contributed by atoms with Gasteiger partial charge in [0, 0.05) is 48.2 Å². The number of carbonyl (C=O) groups excluding carboxylic acids is 2. The highest BCUT2D eigenvalue weighted by Gasteiger charge is 2.46. The van der Waals surface area contributed by atoms with E-state index in [0.29, 0.717) is 23.4 Å². The maximum absolute atomic E-state index is 12.8. The molecular formula is C20H26ClN3O2. The Morgan fingerprint density at radius 1 is 1.27 bits per heavy atom. The molecule has 1 aliphatic carbocycles. The maximum Gasteiger partial charge on any atom is 0.321 e. The largest absolute Gasteiger partial charge is 0.339 e. The Balaban J connectivity index is 1.43. The number of nitrogens with zero attached hydrogens (tertiary/aromatic N) is 2. The summed E-state index contributed by atoms with van der Waals surface area (Å²) in [5, 5.41) is 3.64. The standard InChI is InChI=1S/C20H26ClN3O2/c1-14-3-4-15(11-17(14)21)22-19(26)23-10-2-8-20(12-23)9-7-18(25)24(13-20)16-5-6-16/h3-4,11,16H,2,5-10,12-13H2,1H3,(H,22,26). The second-order valence-electron chi connectivity index (χ2n) is 8.17. The zero-order valence-corrected chi connectivity index (χ0v) is 16.0. The Hall–Kier alpha value is -1.75. The monoisotopic (exact) mass is 375 g/mol. The van der Waals surface area contributed by atoms with Gasteiger partial charge < -0.3 is 15.1 Å². The third-order valence-corrected chi connectivity index (χ3v) is 6.46. The Morgan fingerprint density at radius 2 is 2.08 bits per heavy atom. The van der Waals surface area contributed by atoms with Crippen LogP contribution in [0, 0.1) is 12.3 Å². The minimum Gasteiger partial charge on any atom is -0.339 e. The number of carbonyl (C=O) groups is 2. The topological polar surface area (TPSA) is 52.7 Å². The fourth-order valence-corrected chi connectivity index (χ4v) is 4.53. The van der Waals surface area contributed by atoms with Gasteiger partial charge in [-0.2, -0.15) is 0 Å². The molecule has 1 unspecified atom stereocenters. The van der Waals surface area contributed by atoms with Crippen molar-refractivity contribution in [1.82, 2.24) is 9.80 Å². The van der Waals surface area contributed by atoms with Crippen LogP contribution in [0.1, 0.15) is 44.1 Å². The van der Waals surface area contributed by atoms with Crippen molar-refractivity contribution in [2.75, 3.05) is 25.0 Å². The Labute approximate surface area is 159 Å². The normalized spacial score (nSPS) is 26.3. The molecular weight excluding hydrogens is 350 g/mol. The number of benzene rings is 1. The van der Waals surface area contributed by atoms with Gasteiger partial charge in [0.1, 0.15) is 0 Å². The van der Waals surface area contributed by atoms with Crippen LogP contribution in [0.2, 0.25) is 5.02 Å². The lowest BCUT2D eigenvalue weighted by Crippen LogP contribution is -2.56. The van der Waals surface area contributed by atoms with E-state index in [2.05, 4.69) is 10.2 Å². The van der Waals surface area contributed by atoms with Crippen molar-refractivity contribution >= 4 is 29.2 Å². The van der Waals surface area contributed by atoms with Crippen LogP contribution in [0.4, 0.5) is 10.5 Å². The summed E-state index contributed by atoms with van der Waals surface area (Å²) in [7, 11) is 0. The van der Waals surface area contributed by atoms with Gasteiger partial charge in [-0.3, -0.25) is 4.79 Å². The first-order valence-corrected chi connectivity index (χ1v) is 9.95. The summed E-state index contributed by atoms with van der Waals surface area (Å²) in [6, 6.07) is 5.98. The molecule has 1 aromatic carbocycles. The fourth-order valence-electron chi connectivity index (χ4n) is 4.35. The van der Waals surface area contributed by atoms with Crippen molar-refractivity contribution in [3.63, 3.8) is 0 Å². The van der Waals surface area contributed by atoms with Crippen molar-refractivity contribution in [1.29, 1.82) is 0 Å². The van der Waals surface area contributed by atoms with Crippen LogP contribution in [0.15, 0.2) is 18.2 Å². The molecule has 3 amide bonds. The molecule has 5 nitrogen and oxygen atoms in total. The van der Waals surface area contributed by atoms with E-state index in [-0.39, 0.29) is 11.4 Å². The molecule has 3 fully saturated rings. The van der Waals surface area contributed by atoms with Gasteiger partial charge >= 0.3 is 6.03 Å². The predicted octanol–water partition coefficient (Wildman–Crippen LogP) is 4.05. The minimum absolute atomic E-state index is 0.0665. The number of piperidine rings is 2. The number of urea groups is 1. The molecule has 1 N–H and O–H groups in total. The molecule has 1 saturated carbocycles. The number of rotatable bonds is 2. The molecule has 0 aromatic heterocycles. The smallest absolute Gasteiger partial charge is 0.321 e. The quantitative estimate of drug-likeness (QED) is 0.847. The molecule has 1 atom stereocenters. The van der Waals surface area contributed by atoms with Crippen molar-refractivity contribution in [2.24, 2.45) is 5.41 Å². The van der Waals surface area contributed by atoms with Gasteiger partial charge in [0.25, 0.3) is 0 Å². The van der Waals surface area contributed by atoms with Crippen LogP contribution >= 0.6 is 11.6 Å². The third kappa shape index (κ3) is 3.54. The highest BCUT2D eigenvalue weighted by Crippen LogP contribution is 2.42. The summed E-state index contributed by atoms with van der Waals surface area (Å²) in [5.41, 5.74) is 1.79. The van der Waals surface area contributed by atoms with Gasteiger partial charge in [0.05, 0.1) is 0 Å². The molecule has 1 spiro atoms. The van der Waals surface area contributed by atoms with E-state index in [1.54, 1.807) is 6.07 Å². The lowest BCUT2D eigenvalue weighted by atomic mass is 9.73. The van der Waals surface area contributed by atoms with E-state index < -0.39 is 0 Å². The second kappa shape index (κ2) is 6.76. The summed E-state index contributed by atoms with van der Waals surface area (Å²) < 4.78 is 0. The minimum atomic E-state index is -0.0705. The maximum atomic E-state index is 12.8. The molecule has 140 valence electrons. The number of hydrogen-bond acceptors (Lipinski definition) is 2. The van der Waals surface area contributed by atoms with Crippen LogP contribution in [0.5, 0.6) is 0 Å². The van der Waals surface area contributed by atoms with E-state index >= 15 is 0 Å². The van der Waals surface area contributed by atoms with Gasteiger partial charge in [0.2, 0.25) is 5.91 Å². The first-order chi connectivity index (χ1) is 12.5. The lowest BCUT2D eigenvalue weighted by molar-refractivity contribution is -0.139. The van der Waals surface area contributed by atoms with Crippen LogP contribution in [0.3, 0.4) is 0 Å². The Morgan fingerprint density at radius 3 is 2.81 bits per heavy atom. The van der Waals surface area contributed by atoms with Crippen molar-refractivity contribution in [2.45, 2.75) is 51.5 Å². The number of halogens is 1. The lowest BCUT2D eigenvalue weighted by Gasteiger charge is -2.48. The number of anilines is 1. The summed E-state index contributed by atoms with van der Waals surface area (Å²) in [4.78, 5) is 29.0. The summed E-state index contributed by atoms with van der Waals surface area (Å²) in [6.45, 7) is 4.26. The molecule has 26 heavy (non-hydrogen) atoms. The van der Waals surface area contributed by atoms with Gasteiger partial charge in [-0.1, -0.05) is 17.7 Å². The Bertz CT molecular complexity index is 734. The highest BCUT2D eigenvalue weighted by molar-refractivity contribution is 6.31. The summed E-state index contributed by atoms with van der Waals surface area (Å²) >= 11 is 6.16. The zero-order chi connectivity index (χ0) is 18.3. The number of hydrogen-bond donors (Lipinski definition) is 1. The predicted molar refractivity (Wildman–Crippen MR) is 102 cm³/mol. The van der Waals surface area contributed by atoms with Crippen molar-refractivity contribution in [3.8, 4) is 0 Å². The summed E-state index contributed by atoms with van der Waals surface area (Å²) in [6.07, 6.45) is 5.90. The molecule has 0 radical (unpaired) electrons. The first-order valence-electron chi connectivity index (χ1n) is 9.57. The van der Waals surface area contributed by atoms with E-state index in [9.17, 15) is 9.59 Å². The van der Waals surface area contributed by atoms with Gasteiger partial charge in [-0.25, -0.2) is 4.79 Å². The third-order valence-electron chi connectivity index (χ3n) is 6.05. The van der Waals surface area contributed by atoms with Crippen LogP contribution in [0.25, 0.3) is 0 Å². The number of amides is 3. The molecule has 6 heteroatoms. The van der Waals surface area contributed by atoms with Crippen LogP contribution in [-0.4, -0.2) is 47.4 Å². The average molecular weight is 376 g/mol. The van der Waals surface area contributed by atoms with Crippen molar-refractivity contribution in [3.05, 3.63) is 28.8 Å². The molecule has 3 aliphatic rings. The van der Waals surface area contributed by atoms with Crippen molar-refractivity contribution < 1.29 is 9.59 Å². The first kappa shape index (κ1) is 17.7. The van der Waals surface area contributed by atoms with Crippen LogP contribution in [-0.2, 0) is 4.79 Å². The van der Waals surface area contributed by atoms with Gasteiger partial charge in [-0.15, -0.1) is 0 Å². The molecule has 4 rings (SSSR count). The molecule has 1 aromatic rings. The van der Waals surface area contributed by atoms with E-state index in [1.807, 2.05) is 24.0 Å². The van der Waals surface area contributed by atoms with E-state index in [0.717, 1.165) is 63.0 Å². The highest BCUT2D eigenvalue weighted by atomic mass is 35.5. The van der Waals surface area contributed by atoms with E-state index in [4.69, 9.17) is 11.6 Å². The fraction of sp³-hybridized carbons (Fsp3) is 0.600.